The topological polar surface area (TPSA) is 71.7 Å². The largest absolute Gasteiger partial charge is 0.287 e. The molecule has 56 heavy (non-hydrogen) atoms. The van der Waals surface area contributed by atoms with E-state index >= 15 is 0 Å². The lowest BCUT2D eigenvalue weighted by atomic mass is 9.83. The van der Waals surface area contributed by atoms with Crippen molar-refractivity contribution < 1.29 is 9.59 Å². The highest BCUT2D eigenvalue weighted by Gasteiger charge is 2.38. The fraction of sp³-hybridized carbons (Fsp3) is 0.520. The predicted molar refractivity (Wildman–Crippen MR) is 234 cm³/mol. The maximum absolute atomic E-state index is 14.7. The molecule has 5 aromatic carbocycles. The van der Waals surface area contributed by atoms with Crippen LogP contribution in [0.25, 0.3) is 53.9 Å². The number of rotatable bonds is 20. The molecule has 2 aliphatic heterocycles. The molecule has 2 unspecified atom stereocenters. The van der Waals surface area contributed by atoms with E-state index in [2.05, 4.69) is 62.6 Å². The van der Waals surface area contributed by atoms with E-state index in [4.69, 9.17) is 4.99 Å². The van der Waals surface area contributed by atoms with Crippen LogP contribution in [0.2, 0.25) is 0 Å². The predicted octanol–water partition coefficient (Wildman–Crippen LogP) is 12.8. The van der Waals surface area contributed by atoms with Crippen molar-refractivity contribution in [3.63, 3.8) is 0 Å². The summed E-state index contributed by atoms with van der Waals surface area (Å²) in [6.07, 6.45) is 20.9. The average Bonchev–Trinajstić information content (AvgIpc) is 3.58. The molecule has 0 saturated heterocycles. The van der Waals surface area contributed by atoms with Gasteiger partial charge in [-0.2, -0.15) is 0 Å². The second-order valence-corrected chi connectivity index (χ2v) is 17.1. The van der Waals surface area contributed by atoms with Crippen molar-refractivity contribution in [2.75, 3.05) is 0 Å². The summed E-state index contributed by atoms with van der Waals surface area (Å²) in [5.74, 6) is -0.304. The summed E-state index contributed by atoms with van der Waals surface area (Å²) >= 11 is 0. The molecule has 294 valence electrons. The number of pyridine rings is 1. The van der Waals surface area contributed by atoms with Crippen LogP contribution in [0.1, 0.15) is 176 Å². The minimum Gasteiger partial charge on any atom is -0.287 e. The van der Waals surface area contributed by atoms with Crippen LogP contribution in [0.15, 0.2) is 58.3 Å². The Bertz CT molecular complexity index is 2430. The van der Waals surface area contributed by atoms with Crippen LogP contribution in [-0.4, -0.2) is 33.4 Å². The zero-order valence-corrected chi connectivity index (χ0v) is 34.4. The zero-order chi connectivity index (χ0) is 38.9. The number of hydrogen-bond acceptors (Lipinski definition) is 4. The molecule has 6 heteroatoms. The number of carbonyl (C=O) groups excluding carboxylic acids is 2. The molecular formula is C50H61N3O3. The normalized spacial score (nSPS) is 16.9. The third-order valence-corrected chi connectivity index (χ3v) is 13.4. The van der Waals surface area contributed by atoms with Crippen molar-refractivity contribution in [3.05, 3.63) is 75.5 Å². The fourth-order valence-electron chi connectivity index (χ4n) is 10.5. The van der Waals surface area contributed by atoms with Gasteiger partial charge in [-0.15, -0.1) is 0 Å². The van der Waals surface area contributed by atoms with Crippen molar-refractivity contribution in [2.45, 2.75) is 168 Å². The van der Waals surface area contributed by atoms with E-state index in [9.17, 15) is 14.4 Å². The monoisotopic (exact) mass is 751 g/mol. The first-order valence-electron chi connectivity index (χ1n) is 22.4. The van der Waals surface area contributed by atoms with E-state index in [0.29, 0.717) is 11.1 Å². The number of fused-ring (bicyclic) bond motifs is 4. The number of aromatic nitrogens is 1. The molecule has 6 aromatic rings. The molecule has 0 bridgehead atoms. The van der Waals surface area contributed by atoms with Crippen LogP contribution in [0.5, 0.6) is 0 Å². The Morgan fingerprint density at radius 1 is 0.500 bits per heavy atom. The molecule has 0 radical (unpaired) electrons. The van der Waals surface area contributed by atoms with Gasteiger partial charge in [0.25, 0.3) is 17.4 Å². The van der Waals surface area contributed by atoms with Crippen molar-refractivity contribution >= 4 is 65.7 Å². The summed E-state index contributed by atoms with van der Waals surface area (Å²) in [7, 11) is 0. The van der Waals surface area contributed by atoms with E-state index in [-0.39, 0.29) is 35.5 Å². The Morgan fingerprint density at radius 2 is 0.946 bits per heavy atom. The quantitative estimate of drug-likeness (QED) is 0.0337. The Labute approximate surface area is 332 Å². The highest BCUT2D eigenvalue weighted by Crippen LogP contribution is 2.46. The molecule has 0 spiro atoms. The van der Waals surface area contributed by atoms with Gasteiger partial charge in [-0.1, -0.05) is 148 Å². The van der Waals surface area contributed by atoms with E-state index in [0.717, 1.165) is 136 Å². The summed E-state index contributed by atoms with van der Waals surface area (Å²) < 4.78 is 2.06. The third-order valence-electron chi connectivity index (χ3n) is 13.4. The zero-order valence-electron chi connectivity index (χ0n) is 34.4. The SMILES string of the molecule is CCCCCCC(CCCCCC)N1C(=O)c2ccc3c4ccc5c(=O)n6c(c7ccc(c8ccc(c2c38)C1=O)c4c57)=NC(CCCCC)C6CCCCCC. The Hall–Kier alpha value is -4.32. The van der Waals surface area contributed by atoms with Gasteiger partial charge in [0.05, 0.1) is 12.1 Å². The third kappa shape index (κ3) is 6.49. The first-order chi connectivity index (χ1) is 27.4. The highest BCUT2D eigenvalue weighted by molar-refractivity contribution is 6.40. The molecule has 2 amide bonds. The fourth-order valence-corrected chi connectivity index (χ4v) is 10.5. The maximum Gasteiger partial charge on any atom is 0.261 e. The lowest BCUT2D eigenvalue weighted by Gasteiger charge is -2.35. The molecule has 0 saturated carbocycles. The maximum atomic E-state index is 14.7. The van der Waals surface area contributed by atoms with Crippen LogP contribution in [0.4, 0.5) is 0 Å². The van der Waals surface area contributed by atoms with Gasteiger partial charge >= 0.3 is 0 Å². The van der Waals surface area contributed by atoms with E-state index < -0.39 is 0 Å². The number of hydrogen-bond donors (Lipinski definition) is 0. The van der Waals surface area contributed by atoms with Gasteiger partial charge in [-0.05, 0) is 82.3 Å². The summed E-state index contributed by atoms with van der Waals surface area (Å²) in [6.45, 7) is 8.92. The molecule has 8 rings (SSSR count). The lowest BCUT2D eigenvalue weighted by molar-refractivity contribution is 0.0517. The Morgan fingerprint density at radius 3 is 1.52 bits per heavy atom. The van der Waals surface area contributed by atoms with E-state index in [1.807, 2.05) is 18.2 Å². The van der Waals surface area contributed by atoms with Gasteiger partial charge in [-0.25, -0.2) is 0 Å². The highest BCUT2D eigenvalue weighted by atomic mass is 16.2. The average molecular weight is 752 g/mol. The van der Waals surface area contributed by atoms with Gasteiger partial charge < -0.3 is 0 Å². The standard InChI is InChI=1S/C50H61N3O3/c1-5-9-13-17-20-32(21-18-14-10-6-2)52-48(54)39-30-26-35-33-24-28-37-45-38(29-25-34(43(33)45)36-27-31-40(49(52)55)46(39)44(35)36)50(56)53-42(23-19-15-11-7-3)41(51-47(37)53)22-16-12-8-4/h24-32,41-42H,5-23H2,1-4H3. The second kappa shape index (κ2) is 16.6. The number of amides is 2. The molecule has 6 nitrogen and oxygen atoms in total. The van der Waals surface area contributed by atoms with Gasteiger partial charge in [-0.3, -0.25) is 28.8 Å². The number of nitrogens with zero attached hydrogens (tertiary/aromatic N) is 3. The van der Waals surface area contributed by atoms with E-state index in [1.165, 1.54) is 44.9 Å². The van der Waals surface area contributed by atoms with Gasteiger partial charge in [0.2, 0.25) is 0 Å². The molecule has 2 atom stereocenters. The van der Waals surface area contributed by atoms with Crippen molar-refractivity contribution in [1.29, 1.82) is 0 Å². The summed E-state index contributed by atoms with van der Waals surface area (Å²) in [4.78, 5) is 50.8. The molecule has 0 N–H and O–H groups in total. The van der Waals surface area contributed by atoms with Crippen LogP contribution < -0.4 is 11.0 Å². The Kier molecular flexibility index (Phi) is 11.5. The van der Waals surface area contributed by atoms with Gasteiger partial charge in [0, 0.05) is 38.7 Å². The summed E-state index contributed by atoms with van der Waals surface area (Å²) in [6, 6.07) is 16.8. The van der Waals surface area contributed by atoms with E-state index in [1.54, 1.807) is 4.90 Å². The van der Waals surface area contributed by atoms with Crippen LogP contribution >= 0.6 is 0 Å². The molecule has 1 aromatic heterocycles. The van der Waals surface area contributed by atoms with Crippen LogP contribution in [-0.2, 0) is 0 Å². The molecular weight excluding hydrogens is 691 g/mol. The number of unbranched alkanes of at least 4 members (excludes halogenated alkanes) is 11. The first kappa shape index (κ1) is 38.5. The van der Waals surface area contributed by atoms with Crippen LogP contribution in [0, 0.1) is 0 Å². The van der Waals surface area contributed by atoms with Crippen molar-refractivity contribution in [3.8, 4) is 0 Å². The lowest BCUT2D eigenvalue weighted by Crippen LogP contribution is -2.47. The molecule has 2 aliphatic rings. The van der Waals surface area contributed by atoms with Crippen molar-refractivity contribution in [2.24, 2.45) is 4.99 Å². The molecule has 0 fully saturated rings. The van der Waals surface area contributed by atoms with Gasteiger partial charge in [0.1, 0.15) is 5.49 Å². The molecule has 0 aliphatic carbocycles. The minimum absolute atomic E-state index is 0.0738. The summed E-state index contributed by atoms with van der Waals surface area (Å²) in [5.41, 5.74) is 2.18. The van der Waals surface area contributed by atoms with Gasteiger partial charge in [0.15, 0.2) is 0 Å². The van der Waals surface area contributed by atoms with Crippen molar-refractivity contribution in [1.82, 2.24) is 9.47 Å². The summed E-state index contributed by atoms with van der Waals surface area (Å²) in [5, 5.41) is 9.79. The first-order valence-corrected chi connectivity index (χ1v) is 22.4. The number of carbonyl (C=O) groups is 2. The minimum atomic E-state index is -0.152. The molecule has 3 heterocycles. The number of imide groups is 1. The smallest absolute Gasteiger partial charge is 0.261 e. The second-order valence-electron chi connectivity index (χ2n) is 17.1. The van der Waals surface area contributed by atoms with Crippen LogP contribution in [0.3, 0.4) is 0 Å². The number of benzene rings is 5. The Balaban J connectivity index is 1.26.